The maximum absolute atomic E-state index is 12.6. The molecule has 2 aromatic carbocycles. The summed E-state index contributed by atoms with van der Waals surface area (Å²) in [6.45, 7) is 8.29. The molecule has 1 amide bonds. The lowest BCUT2D eigenvalue weighted by Crippen LogP contribution is -2.16. The molecular formula is C21H19Cl2IN4OS. The van der Waals surface area contributed by atoms with Crippen LogP contribution in [0.1, 0.15) is 11.1 Å². The van der Waals surface area contributed by atoms with Crippen molar-refractivity contribution in [1.82, 2.24) is 14.8 Å². The lowest BCUT2D eigenvalue weighted by molar-refractivity contribution is -0.113. The predicted molar refractivity (Wildman–Crippen MR) is 134 cm³/mol. The lowest BCUT2D eigenvalue weighted by atomic mass is 10.1. The molecule has 1 heterocycles. The molecule has 0 radical (unpaired) electrons. The van der Waals surface area contributed by atoms with Gasteiger partial charge in [0.2, 0.25) is 5.91 Å². The zero-order valence-electron chi connectivity index (χ0n) is 16.4. The van der Waals surface area contributed by atoms with Gasteiger partial charge in [-0.05, 0) is 77.9 Å². The third-order valence-electron chi connectivity index (χ3n) is 4.30. The van der Waals surface area contributed by atoms with Gasteiger partial charge in [0, 0.05) is 21.4 Å². The van der Waals surface area contributed by atoms with Crippen LogP contribution in [-0.2, 0) is 11.3 Å². The summed E-state index contributed by atoms with van der Waals surface area (Å²) < 4.78 is 3.04. The molecule has 0 saturated heterocycles. The number of hydrogen-bond acceptors (Lipinski definition) is 4. The van der Waals surface area contributed by atoms with E-state index >= 15 is 0 Å². The average molecular weight is 573 g/mol. The number of allylic oxidation sites excluding steroid dienone is 1. The molecule has 1 aromatic heterocycles. The number of carbonyl (C=O) groups excluding carboxylic acids is 1. The number of carbonyl (C=O) groups is 1. The van der Waals surface area contributed by atoms with E-state index in [0.29, 0.717) is 27.6 Å². The number of nitrogens with one attached hydrogen (secondary N) is 1. The molecule has 30 heavy (non-hydrogen) atoms. The van der Waals surface area contributed by atoms with Gasteiger partial charge in [0.05, 0.1) is 15.8 Å². The summed E-state index contributed by atoms with van der Waals surface area (Å²) in [5.41, 5.74) is 3.72. The number of aryl methyl sites for hydroxylation is 2. The van der Waals surface area contributed by atoms with E-state index in [9.17, 15) is 4.79 Å². The Balaban J connectivity index is 1.77. The summed E-state index contributed by atoms with van der Waals surface area (Å²) in [6.07, 6.45) is 1.76. The highest BCUT2D eigenvalue weighted by molar-refractivity contribution is 14.1. The van der Waals surface area contributed by atoms with Crippen molar-refractivity contribution in [1.29, 1.82) is 0 Å². The molecule has 0 atom stereocenters. The number of anilines is 1. The average Bonchev–Trinajstić information content (AvgIpc) is 3.08. The minimum atomic E-state index is -0.100. The molecule has 0 aliphatic heterocycles. The van der Waals surface area contributed by atoms with Gasteiger partial charge in [0.15, 0.2) is 11.0 Å². The molecule has 0 bridgehead atoms. The first kappa shape index (κ1) is 23.1. The zero-order chi connectivity index (χ0) is 21.8. The largest absolute Gasteiger partial charge is 0.325 e. The fraction of sp³-hybridized carbons (Fsp3) is 0.190. The molecule has 0 unspecified atom stereocenters. The van der Waals surface area contributed by atoms with Crippen molar-refractivity contribution in [3.8, 4) is 11.4 Å². The van der Waals surface area contributed by atoms with E-state index in [-0.39, 0.29) is 11.7 Å². The van der Waals surface area contributed by atoms with E-state index in [0.717, 1.165) is 25.9 Å². The Morgan fingerprint density at radius 3 is 2.53 bits per heavy atom. The number of benzene rings is 2. The van der Waals surface area contributed by atoms with Crippen LogP contribution in [0, 0.1) is 17.4 Å². The Morgan fingerprint density at radius 2 is 1.90 bits per heavy atom. The summed E-state index contributed by atoms with van der Waals surface area (Å²) >= 11 is 15.8. The number of halogens is 3. The molecule has 0 aliphatic rings. The van der Waals surface area contributed by atoms with Crippen molar-refractivity contribution in [2.45, 2.75) is 25.5 Å². The maximum Gasteiger partial charge on any atom is 0.234 e. The van der Waals surface area contributed by atoms with Crippen molar-refractivity contribution in [3.05, 3.63) is 67.7 Å². The second-order valence-corrected chi connectivity index (χ2v) is 9.59. The fourth-order valence-corrected chi connectivity index (χ4v) is 4.93. The standard InChI is InChI=1S/C21H19Cl2IN4OS/c1-4-7-28-20(14-5-6-16(22)17(23)10-14)26-27-21(28)30-11-18(29)25-19-12(2)8-15(24)9-13(19)3/h4-6,8-10H,1,7,11H2,2-3H3,(H,25,29). The minimum absolute atomic E-state index is 0.100. The van der Waals surface area contributed by atoms with E-state index in [4.69, 9.17) is 23.2 Å². The highest BCUT2D eigenvalue weighted by Gasteiger charge is 2.16. The van der Waals surface area contributed by atoms with Crippen LogP contribution in [0.15, 0.2) is 48.1 Å². The number of thioether (sulfide) groups is 1. The fourth-order valence-electron chi connectivity index (χ4n) is 2.95. The van der Waals surface area contributed by atoms with Crippen LogP contribution in [-0.4, -0.2) is 26.4 Å². The smallest absolute Gasteiger partial charge is 0.234 e. The number of hydrogen-bond donors (Lipinski definition) is 1. The van der Waals surface area contributed by atoms with Crippen molar-refractivity contribution < 1.29 is 4.79 Å². The molecule has 0 aliphatic carbocycles. The van der Waals surface area contributed by atoms with Crippen LogP contribution in [0.4, 0.5) is 5.69 Å². The summed E-state index contributed by atoms with van der Waals surface area (Å²) in [5, 5.41) is 13.1. The third-order valence-corrected chi connectivity index (χ3v) is 6.63. The van der Waals surface area contributed by atoms with Gasteiger partial charge in [-0.3, -0.25) is 9.36 Å². The zero-order valence-corrected chi connectivity index (χ0v) is 20.9. The van der Waals surface area contributed by atoms with Gasteiger partial charge in [-0.1, -0.05) is 41.0 Å². The van der Waals surface area contributed by atoms with Gasteiger partial charge in [-0.15, -0.1) is 16.8 Å². The SMILES string of the molecule is C=CCn1c(SCC(=O)Nc2c(C)cc(I)cc2C)nnc1-c1ccc(Cl)c(Cl)c1. The first-order chi connectivity index (χ1) is 14.3. The van der Waals surface area contributed by atoms with Crippen molar-refractivity contribution in [3.63, 3.8) is 0 Å². The van der Waals surface area contributed by atoms with Gasteiger partial charge >= 0.3 is 0 Å². The first-order valence-corrected chi connectivity index (χ1v) is 11.8. The van der Waals surface area contributed by atoms with Crippen LogP contribution < -0.4 is 5.32 Å². The number of rotatable bonds is 7. The Bertz CT molecular complexity index is 1090. The number of amides is 1. The molecule has 0 spiro atoms. The number of nitrogens with zero attached hydrogens (tertiary/aromatic N) is 3. The van der Waals surface area contributed by atoms with Crippen LogP contribution in [0.3, 0.4) is 0 Å². The Hall–Kier alpha value is -1.55. The highest BCUT2D eigenvalue weighted by atomic mass is 127. The molecule has 0 fully saturated rings. The first-order valence-electron chi connectivity index (χ1n) is 8.99. The summed E-state index contributed by atoms with van der Waals surface area (Å²) in [4.78, 5) is 12.6. The molecule has 9 heteroatoms. The van der Waals surface area contributed by atoms with Gasteiger partial charge in [0.1, 0.15) is 0 Å². The molecule has 3 rings (SSSR count). The van der Waals surface area contributed by atoms with Gasteiger partial charge in [0.25, 0.3) is 0 Å². The Labute approximate surface area is 203 Å². The van der Waals surface area contributed by atoms with Crippen molar-refractivity contribution >= 4 is 69.1 Å². The second kappa shape index (κ2) is 10.2. The Kier molecular flexibility index (Phi) is 7.84. The summed E-state index contributed by atoms with van der Waals surface area (Å²) in [5.74, 6) is 0.749. The monoisotopic (exact) mass is 572 g/mol. The topological polar surface area (TPSA) is 59.8 Å². The van der Waals surface area contributed by atoms with E-state index < -0.39 is 0 Å². The maximum atomic E-state index is 12.6. The lowest BCUT2D eigenvalue weighted by Gasteiger charge is -2.12. The molecule has 156 valence electrons. The molecule has 1 N–H and O–H groups in total. The van der Waals surface area contributed by atoms with E-state index in [2.05, 4.69) is 44.7 Å². The van der Waals surface area contributed by atoms with E-state index in [1.807, 2.05) is 36.6 Å². The Morgan fingerprint density at radius 1 is 1.20 bits per heavy atom. The van der Waals surface area contributed by atoms with Crippen LogP contribution in [0.2, 0.25) is 10.0 Å². The normalized spacial score (nSPS) is 10.8. The van der Waals surface area contributed by atoms with Crippen LogP contribution in [0.5, 0.6) is 0 Å². The molecule has 0 saturated carbocycles. The van der Waals surface area contributed by atoms with E-state index in [1.54, 1.807) is 18.2 Å². The van der Waals surface area contributed by atoms with Crippen molar-refractivity contribution in [2.75, 3.05) is 11.1 Å². The third kappa shape index (κ3) is 5.38. The van der Waals surface area contributed by atoms with Gasteiger partial charge in [-0.25, -0.2) is 0 Å². The highest BCUT2D eigenvalue weighted by Crippen LogP contribution is 2.30. The van der Waals surface area contributed by atoms with Gasteiger partial charge < -0.3 is 5.32 Å². The quantitative estimate of drug-likeness (QED) is 0.202. The number of aromatic nitrogens is 3. The van der Waals surface area contributed by atoms with Crippen LogP contribution in [0.25, 0.3) is 11.4 Å². The predicted octanol–water partition coefficient (Wildman–Crippen LogP) is 6.39. The van der Waals surface area contributed by atoms with E-state index in [1.165, 1.54) is 11.8 Å². The molecular weight excluding hydrogens is 554 g/mol. The summed E-state index contributed by atoms with van der Waals surface area (Å²) in [7, 11) is 0. The molecule has 3 aromatic rings. The van der Waals surface area contributed by atoms with Gasteiger partial charge in [-0.2, -0.15) is 0 Å². The molecule has 5 nitrogen and oxygen atoms in total. The second-order valence-electron chi connectivity index (χ2n) is 6.59. The van der Waals surface area contributed by atoms with Crippen LogP contribution >= 0.6 is 57.6 Å². The summed E-state index contributed by atoms with van der Waals surface area (Å²) in [6, 6.07) is 9.39. The van der Waals surface area contributed by atoms with Crippen molar-refractivity contribution in [2.24, 2.45) is 0 Å². The minimum Gasteiger partial charge on any atom is -0.325 e.